The lowest BCUT2D eigenvalue weighted by molar-refractivity contribution is 0.0999. The fourth-order valence-electron chi connectivity index (χ4n) is 3.06. The molecule has 3 fully saturated rings. The molecule has 3 heteroatoms. The van der Waals surface area contributed by atoms with Gasteiger partial charge in [-0.25, -0.2) is 0 Å². The molecule has 3 rings (SSSR count). The first kappa shape index (κ1) is 9.49. The van der Waals surface area contributed by atoms with Crippen molar-refractivity contribution >= 4 is 11.8 Å². The van der Waals surface area contributed by atoms with E-state index in [0.29, 0.717) is 6.61 Å². The molecule has 2 heterocycles. The number of fused-ring (bicyclic) bond motifs is 1. The quantitative estimate of drug-likeness (QED) is 0.768. The summed E-state index contributed by atoms with van der Waals surface area (Å²) < 4.78 is 0. The van der Waals surface area contributed by atoms with Crippen molar-refractivity contribution in [2.45, 2.75) is 48.1 Å². The monoisotopic (exact) mass is 213 g/mol. The first-order valence-electron chi connectivity index (χ1n) is 5.84. The Labute approximate surface area is 90.0 Å². The molecule has 0 aromatic carbocycles. The van der Waals surface area contributed by atoms with Gasteiger partial charge in [0.25, 0.3) is 0 Å². The zero-order valence-electron chi connectivity index (χ0n) is 8.61. The minimum absolute atomic E-state index is 0.201. The topological polar surface area (TPSA) is 23.5 Å². The van der Waals surface area contributed by atoms with Gasteiger partial charge in [0.1, 0.15) is 0 Å². The molecule has 1 N–H and O–H groups in total. The van der Waals surface area contributed by atoms with Gasteiger partial charge in [0.15, 0.2) is 0 Å². The Morgan fingerprint density at radius 3 is 2.86 bits per heavy atom. The fraction of sp³-hybridized carbons (Fsp3) is 1.00. The molecule has 14 heavy (non-hydrogen) atoms. The molecule has 0 bridgehead atoms. The van der Waals surface area contributed by atoms with Crippen molar-refractivity contribution in [1.82, 2.24) is 4.90 Å². The Morgan fingerprint density at radius 1 is 1.36 bits per heavy atom. The lowest BCUT2D eigenvalue weighted by atomic mass is 9.95. The molecular formula is C11H19NOS. The van der Waals surface area contributed by atoms with Crippen LogP contribution in [0, 0.1) is 0 Å². The Morgan fingerprint density at radius 2 is 2.21 bits per heavy atom. The van der Waals surface area contributed by atoms with Crippen LogP contribution in [0.4, 0.5) is 0 Å². The van der Waals surface area contributed by atoms with E-state index >= 15 is 0 Å². The van der Waals surface area contributed by atoms with Crippen LogP contribution >= 0.6 is 11.8 Å². The Bertz CT molecular complexity index is 231. The third-order valence-corrected chi connectivity index (χ3v) is 5.53. The number of nitrogens with zero attached hydrogens (tertiary/aromatic N) is 1. The van der Waals surface area contributed by atoms with Gasteiger partial charge in [0, 0.05) is 22.6 Å². The van der Waals surface area contributed by atoms with Gasteiger partial charge >= 0.3 is 0 Å². The van der Waals surface area contributed by atoms with Gasteiger partial charge in [0.05, 0.1) is 6.61 Å². The summed E-state index contributed by atoms with van der Waals surface area (Å²) in [6, 6.07) is 0. The molecule has 0 amide bonds. The zero-order chi connectivity index (χ0) is 9.60. The minimum Gasteiger partial charge on any atom is -0.394 e. The largest absolute Gasteiger partial charge is 0.394 e. The van der Waals surface area contributed by atoms with Gasteiger partial charge in [-0.2, -0.15) is 11.8 Å². The lowest BCUT2D eigenvalue weighted by Crippen LogP contribution is -2.41. The molecule has 2 aliphatic heterocycles. The second-order valence-corrected chi connectivity index (χ2v) is 6.70. The molecule has 3 aliphatic rings. The smallest absolute Gasteiger partial charge is 0.0615 e. The number of hydrogen-bond acceptors (Lipinski definition) is 3. The van der Waals surface area contributed by atoms with Crippen molar-refractivity contribution in [3.8, 4) is 0 Å². The molecule has 80 valence electrons. The van der Waals surface area contributed by atoms with Crippen molar-refractivity contribution < 1.29 is 5.11 Å². The van der Waals surface area contributed by atoms with E-state index in [9.17, 15) is 5.11 Å². The van der Waals surface area contributed by atoms with Crippen LogP contribution in [-0.2, 0) is 0 Å². The molecule has 2 atom stereocenters. The Kier molecular flexibility index (Phi) is 2.30. The average molecular weight is 213 g/mol. The van der Waals surface area contributed by atoms with E-state index in [0.717, 1.165) is 10.5 Å². The van der Waals surface area contributed by atoms with Crippen LogP contribution < -0.4 is 0 Å². The van der Waals surface area contributed by atoms with Crippen LogP contribution in [0.3, 0.4) is 0 Å². The Hall–Kier alpha value is 0.270. The second kappa shape index (κ2) is 3.39. The summed E-state index contributed by atoms with van der Waals surface area (Å²) in [5.74, 6) is 0. The first-order chi connectivity index (χ1) is 6.82. The summed E-state index contributed by atoms with van der Waals surface area (Å²) in [5.41, 5.74) is 0.201. The number of aliphatic hydroxyl groups excluding tert-OH is 1. The zero-order valence-corrected chi connectivity index (χ0v) is 9.43. The minimum atomic E-state index is 0.201. The van der Waals surface area contributed by atoms with E-state index in [2.05, 4.69) is 16.7 Å². The van der Waals surface area contributed by atoms with Gasteiger partial charge < -0.3 is 5.11 Å². The number of rotatable bonds is 3. The lowest BCUT2D eigenvalue weighted by Gasteiger charge is -2.29. The van der Waals surface area contributed by atoms with Gasteiger partial charge in [-0.1, -0.05) is 0 Å². The molecule has 0 aromatic heterocycles. The van der Waals surface area contributed by atoms with Crippen molar-refractivity contribution in [2.24, 2.45) is 0 Å². The van der Waals surface area contributed by atoms with Crippen molar-refractivity contribution in [3.63, 3.8) is 0 Å². The molecule has 2 unspecified atom stereocenters. The Balaban J connectivity index is 1.65. The van der Waals surface area contributed by atoms with Crippen molar-refractivity contribution in [2.75, 3.05) is 19.7 Å². The highest BCUT2D eigenvalue weighted by molar-refractivity contribution is 8.00. The molecule has 2 saturated heterocycles. The number of thioether (sulfide) groups is 1. The SMILES string of the molecule is OCC12CCCN1CC(SC1CC1)C2. The highest BCUT2D eigenvalue weighted by Crippen LogP contribution is 2.47. The van der Waals surface area contributed by atoms with Crippen LogP contribution in [0.15, 0.2) is 0 Å². The predicted molar refractivity (Wildman–Crippen MR) is 59.6 cm³/mol. The van der Waals surface area contributed by atoms with E-state index in [4.69, 9.17) is 0 Å². The molecule has 0 spiro atoms. The van der Waals surface area contributed by atoms with Crippen molar-refractivity contribution in [1.29, 1.82) is 0 Å². The molecule has 0 radical (unpaired) electrons. The van der Waals surface area contributed by atoms with Gasteiger partial charge in [-0.3, -0.25) is 4.90 Å². The molecule has 1 aliphatic carbocycles. The highest BCUT2D eigenvalue weighted by atomic mass is 32.2. The maximum Gasteiger partial charge on any atom is 0.0615 e. The van der Waals surface area contributed by atoms with Crippen LogP contribution in [0.2, 0.25) is 0 Å². The van der Waals surface area contributed by atoms with Gasteiger partial charge in [0.2, 0.25) is 0 Å². The highest BCUT2D eigenvalue weighted by Gasteiger charge is 2.48. The van der Waals surface area contributed by atoms with Gasteiger partial charge in [-0.05, 0) is 38.6 Å². The molecule has 0 aromatic rings. The predicted octanol–water partition coefficient (Wildman–Crippen LogP) is 1.48. The maximum atomic E-state index is 9.54. The third kappa shape index (κ3) is 1.50. The van der Waals surface area contributed by atoms with Crippen LogP contribution in [0.5, 0.6) is 0 Å². The first-order valence-corrected chi connectivity index (χ1v) is 6.78. The van der Waals surface area contributed by atoms with Crippen LogP contribution in [-0.4, -0.2) is 45.7 Å². The second-order valence-electron chi connectivity index (χ2n) is 5.09. The standard InChI is InChI=1S/C11H19NOS/c13-8-11-4-1-5-12(11)7-10(6-11)14-9-2-3-9/h9-10,13H,1-8H2. The molecular weight excluding hydrogens is 194 g/mol. The van der Waals surface area contributed by atoms with E-state index in [-0.39, 0.29) is 5.54 Å². The third-order valence-electron chi connectivity index (χ3n) is 3.98. The van der Waals surface area contributed by atoms with Gasteiger partial charge in [-0.15, -0.1) is 0 Å². The van der Waals surface area contributed by atoms with E-state index in [1.165, 1.54) is 45.2 Å². The molecule has 1 saturated carbocycles. The summed E-state index contributed by atoms with van der Waals surface area (Å²) >= 11 is 2.19. The molecule has 2 nitrogen and oxygen atoms in total. The maximum absolute atomic E-state index is 9.54. The normalized spacial score (nSPS) is 43.1. The van der Waals surface area contributed by atoms with Crippen LogP contribution in [0.1, 0.15) is 32.1 Å². The van der Waals surface area contributed by atoms with E-state index in [1.54, 1.807) is 0 Å². The van der Waals surface area contributed by atoms with E-state index < -0.39 is 0 Å². The summed E-state index contributed by atoms with van der Waals surface area (Å²) in [6.07, 6.45) is 6.64. The van der Waals surface area contributed by atoms with Crippen molar-refractivity contribution in [3.05, 3.63) is 0 Å². The summed E-state index contributed by atoms with van der Waals surface area (Å²) in [6.45, 7) is 2.85. The summed E-state index contributed by atoms with van der Waals surface area (Å²) in [7, 11) is 0. The summed E-state index contributed by atoms with van der Waals surface area (Å²) in [4.78, 5) is 2.55. The number of aliphatic hydroxyl groups is 1. The fourth-order valence-corrected chi connectivity index (χ4v) is 4.68. The van der Waals surface area contributed by atoms with E-state index in [1.807, 2.05) is 0 Å². The summed E-state index contributed by atoms with van der Waals surface area (Å²) in [5, 5.41) is 11.3. The van der Waals surface area contributed by atoms with Crippen LogP contribution in [0.25, 0.3) is 0 Å². The number of hydrogen-bond donors (Lipinski definition) is 1. The average Bonchev–Trinajstić information content (AvgIpc) is 2.76.